The lowest BCUT2D eigenvalue weighted by atomic mass is 9.79. The molecule has 0 amide bonds. The number of rotatable bonds is 4. The summed E-state index contributed by atoms with van der Waals surface area (Å²) >= 11 is 0. The van der Waals surface area contributed by atoms with Crippen LogP contribution in [0, 0.1) is 29.1 Å². The van der Waals surface area contributed by atoms with Gasteiger partial charge >= 0.3 is 5.97 Å². The summed E-state index contributed by atoms with van der Waals surface area (Å²) in [7, 11) is 0. The molecule has 84 valence electrons. The minimum Gasteiger partial charge on any atom is -0.481 e. The minimum absolute atomic E-state index is 0.397. The second kappa shape index (κ2) is 4.70. The lowest BCUT2D eigenvalue weighted by Crippen LogP contribution is -2.28. The van der Waals surface area contributed by atoms with E-state index in [-0.39, 0.29) is 0 Å². The Morgan fingerprint density at radius 3 is 2.53 bits per heavy atom. The van der Waals surface area contributed by atoms with E-state index in [1.54, 1.807) is 6.92 Å². The Morgan fingerprint density at radius 2 is 2.13 bits per heavy atom. The predicted octanol–water partition coefficient (Wildman–Crippen LogP) is 2.93. The molecule has 1 aliphatic rings. The first-order valence-corrected chi connectivity index (χ1v) is 5.66. The van der Waals surface area contributed by atoms with Crippen molar-refractivity contribution >= 4 is 5.97 Å². The Kier molecular flexibility index (Phi) is 3.79. The van der Waals surface area contributed by atoms with Gasteiger partial charge in [0, 0.05) is 12.3 Å². The molecule has 0 aromatic carbocycles. The molecule has 0 radical (unpaired) electrons. The molecule has 1 rings (SSSR count). The molecule has 0 aliphatic heterocycles. The first-order chi connectivity index (χ1) is 6.94. The number of aliphatic carboxylic acids is 1. The average molecular weight is 208 g/mol. The van der Waals surface area contributed by atoms with Crippen LogP contribution in [0.2, 0.25) is 0 Å². The fourth-order valence-corrected chi connectivity index (χ4v) is 1.75. The van der Waals surface area contributed by atoms with Crippen molar-refractivity contribution < 1.29 is 9.90 Å². The maximum atomic E-state index is 11.2. The van der Waals surface area contributed by atoms with Crippen LogP contribution >= 0.6 is 0 Å². The number of hydrogen-bond acceptors (Lipinski definition) is 1. The molecule has 1 atom stereocenters. The van der Waals surface area contributed by atoms with E-state index in [9.17, 15) is 9.90 Å². The van der Waals surface area contributed by atoms with Gasteiger partial charge < -0.3 is 5.11 Å². The third kappa shape index (κ3) is 3.95. The van der Waals surface area contributed by atoms with Gasteiger partial charge in [-0.1, -0.05) is 19.8 Å². The van der Waals surface area contributed by atoms with Gasteiger partial charge in [0.25, 0.3) is 0 Å². The molecule has 15 heavy (non-hydrogen) atoms. The molecule has 0 aromatic rings. The second-order valence-corrected chi connectivity index (χ2v) is 5.24. The van der Waals surface area contributed by atoms with Gasteiger partial charge in [0.1, 0.15) is 0 Å². The van der Waals surface area contributed by atoms with Crippen LogP contribution in [0.15, 0.2) is 0 Å². The fourth-order valence-electron chi connectivity index (χ4n) is 1.75. The van der Waals surface area contributed by atoms with Crippen molar-refractivity contribution in [3.63, 3.8) is 0 Å². The van der Waals surface area contributed by atoms with E-state index in [1.807, 2.05) is 0 Å². The van der Waals surface area contributed by atoms with Crippen LogP contribution < -0.4 is 0 Å². The third-order valence-corrected chi connectivity index (χ3v) is 2.74. The minimum atomic E-state index is -0.721. The first kappa shape index (κ1) is 12.1. The van der Waals surface area contributed by atoms with E-state index in [0.717, 1.165) is 0 Å². The van der Waals surface area contributed by atoms with Crippen molar-refractivity contribution in [3.05, 3.63) is 0 Å². The molecule has 2 heteroatoms. The summed E-state index contributed by atoms with van der Waals surface area (Å²) in [5.74, 6) is 6.40. The van der Waals surface area contributed by atoms with Crippen LogP contribution in [-0.2, 0) is 4.79 Å². The van der Waals surface area contributed by atoms with Gasteiger partial charge in [-0.05, 0) is 32.1 Å². The summed E-state index contributed by atoms with van der Waals surface area (Å²) in [6.07, 6.45) is 3.57. The summed E-state index contributed by atoms with van der Waals surface area (Å²) in [5, 5.41) is 9.19. The molecule has 1 saturated carbocycles. The van der Waals surface area contributed by atoms with Crippen molar-refractivity contribution in [1.82, 2.24) is 0 Å². The van der Waals surface area contributed by atoms with E-state index < -0.39 is 11.4 Å². The molecule has 2 nitrogen and oxygen atoms in total. The molecule has 1 fully saturated rings. The number of carbonyl (C=O) groups is 1. The standard InChI is InChI=1S/C13H20O2/c1-10(2)9-13(3,12(14)15)8-4-5-11-6-7-11/h10-11H,6-9H2,1-3H3,(H,14,15). The van der Waals surface area contributed by atoms with E-state index >= 15 is 0 Å². The van der Waals surface area contributed by atoms with Gasteiger partial charge in [-0.2, -0.15) is 0 Å². The summed E-state index contributed by atoms with van der Waals surface area (Å²) < 4.78 is 0. The summed E-state index contributed by atoms with van der Waals surface area (Å²) in [6.45, 7) is 5.90. The molecule has 1 N–H and O–H groups in total. The first-order valence-electron chi connectivity index (χ1n) is 5.66. The van der Waals surface area contributed by atoms with Gasteiger partial charge in [0.2, 0.25) is 0 Å². The van der Waals surface area contributed by atoms with Gasteiger partial charge in [-0.3, -0.25) is 4.79 Å². The summed E-state index contributed by atoms with van der Waals surface area (Å²) in [6, 6.07) is 0. The largest absolute Gasteiger partial charge is 0.481 e. The second-order valence-electron chi connectivity index (χ2n) is 5.24. The van der Waals surface area contributed by atoms with Crippen LogP contribution in [0.3, 0.4) is 0 Å². The Hall–Kier alpha value is -0.970. The van der Waals surface area contributed by atoms with E-state index in [1.165, 1.54) is 12.8 Å². The lowest BCUT2D eigenvalue weighted by Gasteiger charge is -2.24. The maximum absolute atomic E-state index is 11.2. The Labute approximate surface area is 92.1 Å². The van der Waals surface area contributed by atoms with Crippen molar-refractivity contribution in [1.29, 1.82) is 0 Å². The third-order valence-electron chi connectivity index (χ3n) is 2.74. The fraction of sp³-hybridized carbons (Fsp3) is 0.769. The Balaban J connectivity index is 2.56. The van der Waals surface area contributed by atoms with Crippen LogP contribution in [0.1, 0.15) is 46.5 Å². The molecular weight excluding hydrogens is 188 g/mol. The highest BCUT2D eigenvalue weighted by Gasteiger charge is 2.33. The topological polar surface area (TPSA) is 37.3 Å². The highest BCUT2D eigenvalue weighted by molar-refractivity contribution is 5.74. The quantitative estimate of drug-likeness (QED) is 0.721. The SMILES string of the molecule is CC(C)CC(C)(CC#CC1CC1)C(=O)O. The van der Waals surface area contributed by atoms with Crippen LogP contribution in [0.25, 0.3) is 0 Å². The number of hydrogen-bond donors (Lipinski definition) is 1. The molecule has 1 unspecified atom stereocenters. The summed E-state index contributed by atoms with van der Waals surface area (Å²) in [5.41, 5.74) is -0.671. The van der Waals surface area contributed by atoms with Gasteiger partial charge in [-0.25, -0.2) is 0 Å². The lowest BCUT2D eigenvalue weighted by molar-refractivity contribution is -0.148. The number of carboxylic acid groups (broad SMARTS) is 1. The monoisotopic (exact) mass is 208 g/mol. The highest BCUT2D eigenvalue weighted by Crippen LogP contribution is 2.31. The number of carboxylic acids is 1. The normalized spacial score (nSPS) is 19.2. The van der Waals surface area contributed by atoms with Gasteiger partial charge in [0.05, 0.1) is 5.41 Å². The van der Waals surface area contributed by atoms with E-state index in [0.29, 0.717) is 24.7 Å². The van der Waals surface area contributed by atoms with Crippen LogP contribution in [0.4, 0.5) is 0 Å². The van der Waals surface area contributed by atoms with Gasteiger partial charge in [0.15, 0.2) is 0 Å². The predicted molar refractivity (Wildman–Crippen MR) is 60.3 cm³/mol. The van der Waals surface area contributed by atoms with Crippen molar-refractivity contribution in [2.24, 2.45) is 17.3 Å². The van der Waals surface area contributed by atoms with E-state index in [2.05, 4.69) is 25.7 Å². The van der Waals surface area contributed by atoms with Gasteiger partial charge in [-0.15, -0.1) is 5.92 Å². The molecule has 0 saturated heterocycles. The molecule has 0 aromatic heterocycles. The molecule has 1 aliphatic carbocycles. The molecule has 0 heterocycles. The van der Waals surface area contributed by atoms with Crippen molar-refractivity contribution in [2.45, 2.75) is 46.5 Å². The van der Waals surface area contributed by atoms with Crippen molar-refractivity contribution in [2.75, 3.05) is 0 Å². The Morgan fingerprint density at radius 1 is 1.53 bits per heavy atom. The molecular formula is C13H20O2. The maximum Gasteiger partial charge on any atom is 0.310 e. The van der Waals surface area contributed by atoms with Crippen LogP contribution in [0.5, 0.6) is 0 Å². The Bertz CT molecular complexity index is 291. The summed E-state index contributed by atoms with van der Waals surface area (Å²) in [4.78, 5) is 11.2. The zero-order chi connectivity index (χ0) is 11.5. The molecule has 0 spiro atoms. The van der Waals surface area contributed by atoms with Crippen molar-refractivity contribution in [3.8, 4) is 11.8 Å². The smallest absolute Gasteiger partial charge is 0.310 e. The zero-order valence-electron chi connectivity index (χ0n) is 9.84. The highest BCUT2D eigenvalue weighted by atomic mass is 16.4. The molecule has 0 bridgehead atoms. The zero-order valence-corrected chi connectivity index (χ0v) is 9.84. The van der Waals surface area contributed by atoms with Crippen LogP contribution in [-0.4, -0.2) is 11.1 Å². The van der Waals surface area contributed by atoms with E-state index in [4.69, 9.17) is 0 Å². The average Bonchev–Trinajstić information content (AvgIpc) is 2.86.